The highest BCUT2D eigenvalue weighted by Gasteiger charge is 2.06. The first-order valence-electron chi connectivity index (χ1n) is 5.59. The summed E-state index contributed by atoms with van der Waals surface area (Å²) in [5, 5.41) is 0. The minimum absolute atomic E-state index is 0.357. The number of carbonyl (C=O) groups is 2. The summed E-state index contributed by atoms with van der Waals surface area (Å²) in [5.41, 5.74) is 3.05. The Hall–Kier alpha value is -1.94. The Morgan fingerprint density at radius 1 is 1.11 bits per heavy atom. The minimum atomic E-state index is -0.357. The number of aldehydes is 1. The molecule has 0 aliphatic rings. The number of carbonyl (C=O) groups excluding carboxylic acids is 2. The summed E-state index contributed by atoms with van der Waals surface area (Å²) in [6.07, 6.45) is 0.800. The molecule has 96 valence electrons. The number of esters is 1. The number of ether oxygens (including phenoxy) is 1. The second kappa shape index (κ2) is 5.80. The lowest BCUT2D eigenvalue weighted by atomic mass is 10.0. The lowest BCUT2D eigenvalue weighted by Crippen LogP contribution is -2.00. The molecule has 4 heteroatoms. The quantitative estimate of drug-likeness (QED) is 0.640. The van der Waals surface area contributed by atoms with Crippen LogP contribution < -0.4 is 0 Å². The zero-order valence-electron chi connectivity index (χ0n) is 10.2. The van der Waals surface area contributed by atoms with E-state index in [9.17, 15) is 9.59 Å². The van der Waals surface area contributed by atoms with Crippen molar-refractivity contribution >= 4 is 28.2 Å². The van der Waals surface area contributed by atoms with Crippen molar-refractivity contribution in [1.29, 1.82) is 0 Å². The van der Waals surface area contributed by atoms with Crippen LogP contribution in [0.5, 0.6) is 0 Å². The van der Waals surface area contributed by atoms with E-state index in [1.165, 1.54) is 7.11 Å². The summed E-state index contributed by atoms with van der Waals surface area (Å²) in [6.45, 7) is 0. The van der Waals surface area contributed by atoms with Gasteiger partial charge < -0.3 is 4.74 Å². The fourth-order valence-electron chi connectivity index (χ4n) is 1.72. The van der Waals surface area contributed by atoms with Gasteiger partial charge >= 0.3 is 5.97 Å². The number of halogens is 1. The van der Waals surface area contributed by atoms with E-state index in [4.69, 9.17) is 0 Å². The van der Waals surface area contributed by atoms with E-state index in [2.05, 4.69) is 20.7 Å². The molecular formula is C15H11BrO3. The zero-order valence-corrected chi connectivity index (χ0v) is 11.8. The Morgan fingerprint density at radius 3 is 2.26 bits per heavy atom. The summed E-state index contributed by atoms with van der Waals surface area (Å²) in [4.78, 5) is 22.1. The van der Waals surface area contributed by atoms with Gasteiger partial charge in [0.25, 0.3) is 0 Å². The van der Waals surface area contributed by atoms with Gasteiger partial charge in [0.05, 0.1) is 12.7 Å². The molecular weight excluding hydrogens is 308 g/mol. The lowest BCUT2D eigenvalue weighted by Gasteiger charge is -2.05. The molecule has 0 unspecified atom stereocenters. The molecule has 0 N–H and O–H groups in total. The van der Waals surface area contributed by atoms with Gasteiger partial charge in [-0.15, -0.1) is 0 Å². The van der Waals surface area contributed by atoms with Crippen LogP contribution in [0.4, 0.5) is 0 Å². The Bertz CT molecular complexity index is 618. The zero-order chi connectivity index (χ0) is 13.8. The highest BCUT2D eigenvalue weighted by atomic mass is 79.9. The Kier molecular flexibility index (Phi) is 4.12. The number of methoxy groups -OCH3 is 1. The van der Waals surface area contributed by atoms with Crippen LogP contribution in [0.15, 0.2) is 46.9 Å². The highest BCUT2D eigenvalue weighted by molar-refractivity contribution is 9.10. The first-order valence-corrected chi connectivity index (χ1v) is 6.38. The van der Waals surface area contributed by atoms with Crippen LogP contribution in [-0.2, 0) is 4.74 Å². The second-order valence-corrected chi connectivity index (χ2v) is 4.78. The van der Waals surface area contributed by atoms with Crippen molar-refractivity contribution < 1.29 is 14.3 Å². The average Bonchev–Trinajstić information content (AvgIpc) is 2.46. The van der Waals surface area contributed by atoms with E-state index in [0.717, 1.165) is 21.9 Å². The van der Waals surface area contributed by atoms with Gasteiger partial charge in [-0.05, 0) is 35.4 Å². The van der Waals surface area contributed by atoms with Crippen molar-refractivity contribution in [1.82, 2.24) is 0 Å². The molecule has 0 aliphatic carbocycles. The molecule has 0 spiro atoms. The predicted molar refractivity (Wildman–Crippen MR) is 76.3 cm³/mol. The monoisotopic (exact) mass is 318 g/mol. The minimum Gasteiger partial charge on any atom is -0.465 e. The molecule has 0 fully saturated rings. The van der Waals surface area contributed by atoms with Crippen molar-refractivity contribution in [2.24, 2.45) is 0 Å². The van der Waals surface area contributed by atoms with Gasteiger partial charge in [0, 0.05) is 10.0 Å². The Balaban J connectivity index is 2.34. The molecule has 19 heavy (non-hydrogen) atoms. The van der Waals surface area contributed by atoms with Crippen molar-refractivity contribution in [3.05, 3.63) is 58.1 Å². The topological polar surface area (TPSA) is 43.4 Å². The number of hydrogen-bond donors (Lipinski definition) is 0. The van der Waals surface area contributed by atoms with Crippen LogP contribution in [0.1, 0.15) is 20.7 Å². The summed E-state index contributed by atoms with van der Waals surface area (Å²) in [6, 6.07) is 12.6. The first-order chi connectivity index (χ1) is 9.15. The SMILES string of the molecule is COC(=O)c1ccc(-c2ccc(C=O)c(Br)c2)cc1. The smallest absolute Gasteiger partial charge is 0.337 e. The largest absolute Gasteiger partial charge is 0.465 e. The first kappa shape index (κ1) is 13.5. The molecule has 0 saturated carbocycles. The number of benzene rings is 2. The van der Waals surface area contributed by atoms with E-state index in [1.807, 2.05) is 24.3 Å². The van der Waals surface area contributed by atoms with E-state index < -0.39 is 0 Å². The van der Waals surface area contributed by atoms with Gasteiger partial charge in [0.2, 0.25) is 0 Å². The maximum Gasteiger partial charge on any atom is 0.337 e. The Morgan fingerprint density at radius 2 is 1.74 bits per heavy atom. The molecule has 0 radical (unpaired) electrons. The van der Waals surface area contributed by atoms with Crippen molar-refractivity contribution in [3.8, 4) is 11.1 Å². The maximum absolute atomic E-state index is 11.3. The lowest BCUT2D eigenvalue weighted by molar-refractivity contribution is 0.0600. The molecule has 3 nitrogen and oxygen atoms in total. The fraction of sp³-hybridized carbons (Fsp3) is 0.0667. The second-order valence-electron chi connectivity index (χ2n) is 3.92. The third-order valence-electron chi connectivity index (χ3n) is 2.77. The molecule has 2 aromatic rings. The van der Waals surface area contributed by atoms with Gasteiger partial charge in [-0.2, -0.15) is 0 Å². The Labute approximate surface area is 119 Å². The van der Waals surface area contributed by atoms with Crippen LogP contribution in [0.2, 0.25) is 0 Å². The van der Waals surface area contributed by atoms with Gasteiger partial charge in [-0.25, -0.2) is 4.79 Å². The molecule has 0 amide bonds. The number of hydrogen-bond acceptors (Lipinski definition) is 3. The maximum atomic E-state index is 11.3. The van der Waals surface area contributed by atoms with Crippen LogP contribution in [-0.4, -0.2) is 19.4 Å². The standard InChI is InChI=1S/C15H11BrO3/c1-19-15(18)11-4-2-10(3-5-11)12-6-7-13(9-17)14(16)8-12/h2-9H,1H3. The predicted octanol–water partition coefficient (Wildman–Crippen LogP) is 3.72. The van der Waals surface area contributed by atoms with E-state index in [0.29, 0.717) is 11.1 Å². The van der Waals surface area contributed by atoms with Gasteiger partial charge in [-0.3, -0.25) is 4.79 Å². The number of rotatable bonds is 3. The van der Waals surface area contributed by atoms with Crippen molar-refractivity contribution in [2.45, 2.75) is 0 Å². The molecule has 0 aromatic heterocycles. The average molecular weight is 319 g/mol. The molecule has 0 atom stereocenters. The van der Waals surface area contributed by atoms with Gasteiger partial charge in [0.15, 0.2) is 6.29 Å². The van der Waals surface area contributed by atoms with Crippen molar-refractivity contribution in [3.63, 3.8) is 0 Å². The van der Waals surface area contributed by atoms with Crippen LogP contribution in [0.25, 0.3) is 11.1 Å². The third kappa shape index (κ3) is 2.90. The summed E-state index contributed by atoms with van der Waals surface area (Å²) in [7, 11) is 1.35. The molecule has 2 aromatic carbocycles. The molecule has 0 heterocycles. The third-order valence-corrected chi connectivity index (χ3v) is 3.45. The van der Waals surface area contributed by atoms with Crippen LogP contribution >= 0.6 is 15.9 Å². The van der Waals surface area contributed by atoms with E-state index in [-0.39, 0.29) is 5.97 Å². The van der Waals surface area contributed by atoms with E-state index >= 15 is 0 Å². The normalized spacial score (nSPS) is 10.0. The van der Waals surface area contributed by atoms with Gasteiger partial charge in [0.1, 0.15) is 0 Å². The summed E-state index contributed by atoms with van der Waals surface area (Å²) in [5.74, 6) is -0.357. The van der Waals surface area contributed by atoms with Crippen LogP contribution in [0.3, 0.4) is 0 Å². The molecule has 2 rings (SSSR count). The summed E-state index contributed by atoms with van der Waals surface area (Å²) < 4.78 is 5.39. The fourth-order valence-corrected chi connectivity index (χ4v) is 2.19. The van der Waals surface area contributed by atoms with Crippen molar-refractivity contribution in [2.75, 3.05) is 7.11 Å². The molecule has 0 bridgehead atoms. The highest BCUT2D eigenvalue weighted by Crippen LogP contribution is 2.25. The van der Waals surface area contributed by atoms with Gasteiger partial charge in [-0.1, -0.05) is 34.1 Å². The van der Waals surface area contributed by atoms with Crippen LogP contribution in [0, 0.1) is 0 Å². The molecule has 0 saturated heterocycles. The summed E-state index contributed by atoms with van der Waals surface area (Å²) >= 11 is 3.35. The van der Waals surface area contributed by atoms with E-state index in [1.54, 1.807) is 18.2 Å². The molecule has 0 aliphatic heterocycles.